The molecule has 0 bridgehead atoms. The highest BCUT2D eigenvalue weighted by Gasteiger charge is 2.05. The summed E-state index contributed by atoms with van der Waals surface area (Å²) >= 11 is 11.9. The van der Waals surface area contributed by atoms with E-state index in [0.717, 1.165) is 5.56 Å². The van der Waals surface area contributed by atoms with Gasteiger partial charge in [-0.05, 0) is 30.8 Å². The first-order valence-corrected chi connectivity index (χ1v) is 7.84. The van der Waals surface area contributed by atoms with Crippen molar-refractivity contribution in [2.24, 2.45) is 0 Å². The van der Waals surface area contributed by atoms with E-state index in [9.17, 15) is 9.59 Å². The minimum atomic E-state index is -0.163. The second-order valence-corrected chi connectivity index (χ2v) is 5.85. The van der Waals surface area contributed by atoms with E-state index in [1.807, 2.05) is 0 Å². The molecule has 0 fully saturated rings. The van der Waals surface area contributed by atoms with Gasteiger partial charge in [0.2, 0.25) is 5.91 Å². The van der Waals surface area contributed by atoms with Gasteiger partial charge in [0.05, 0.1) is 22.3 Å². The van der Waals surface area contributed by atoms with Crippen LogP contribution in [0.1, 0.15) is 12.0 Å². The summed E-state index contributed by atoms with van der Waals surface area (Å²) in [6, 6.07) is 8.22. The van der Waals surface area contributed by atoms with Gasteiger partial charge in [-0.15, -0.1) is 0 Å². The molecule has 2 N–H and O–H groups in total. The van der Waals surface area contributed by atoms with E-state index >= 15 is 0 Å². The van der Waals surface area contributed by atoms with Crippen LogP contribution in [0.15, 0.2) is 41.3 Å². The zero-order chi connectivity index (χ0) is 16.8. The van der Waals surface area contributed by atoms with E-state index in [2.05, 4.69) is 10.6 Å². The second-order valence-electron chi connectivity index (χ2n) is 5.03. The van der Waals surface area contributed by atoms with Crippen LogP contribution in [0.4, 0.5) is 5.69 Å². The first-order chi connectivity index (χ1) is 11.0. The summed E-state index contributed by atoms with van der Waals surface area (Å²) in [5, 5.41) is 6.58. The van der Waals surface area contributed by atoms with Crippen LogP contribution in [0.25, 0.3) is 0 Å². The molecule has 7 heteroatoms. The third kappa shape index (κ3) is 5.10. The Morgan fingerprint density at radius 2 is 1.96 bits per heavy atom. The van der Waals surface area contributed by atoms with Gasteiger partial charge in [0.15, 0.2) is 0 Å². The van der Waals surface area contributed by atoms with Crippen molar-refractivity contribution >= 4 is 34.8 Å². The van der Waals surface area contributed by atoms with Crippen LogP contribution in [0.3, 0.4) is 0 Å². The van der Waals surface area contributed by atoms with Gasteiger partial charge in [-0.2, -0.15) is 0 Å². The molecule has 122 valence electrons. The fourth-order valence-corrected chi connectivity index (χ4v) is 2.35. The average Bonchev–Trinajstić information content (AvgIpc) is 2.52. The first kappa shape index (κ1) is 17.5. The molecule has 0 spiro atoms. The number of carbonyl (C=O) groups is 1. The molecule has 0 aliphatic heterocycles. The Kier molecular flexibility index (Phi) is 6.21. The van der Waals surface area contributed by atoms with Gasteiger partial charge in [0, 0.05) is 25.2 Å². The molecule has 2 rings (SSSR count). The zero-order valence-corrected chi connectivity index (χ0v) is 14.1. The fraction of sp³-hybridized carbons (Fsp3) is 0.250. The number of nitrogens with zero attached hydrogens (tertiary/aromatic N) is 1. The lowest BCUT2D eigenvalue weighted by molar-refractivity contribution is -0.116. The summed E-state index contributed by atoms with van der Waals surface area (Å²) in [5.74, 6) is -0.112. The summed E-state index contributed by atoms with van der Waals surface area (Å²) in [5.41, 5.74) is 1.26. The monoisotopic (exact) mass is 353 g/mol. The molecule has 1 aromatic heterocycles. The van der Waals surface area contributed by atoms with E-state index in [0.29, 0.717) is 35.2 Å². The Hall–Kier alpha value is -1.82. The zero-order valence-electron chi connectivity index (χ0n) is 12.6. The number of anilines is 1. The number of pyridine rings is 1. The lowest BCUT2D eigenvalue weighted by atomic mass is 10.2. The molecule has 5 nitrogen and oxygen atoms in total. The minimum absolute atomic E-state index is 0.112. The molecule has 0 saturated heterocycles. The van der Waals surface area contributed by atoms with Crippen molar-refractivity contribution in [3.8, 4) is 0 Å². The van der Waals surface area contributed by atoms with E-state index < -0.39 is 0 Å². The number of carbonyl (C=O) groups excluding carboxylic acids is 1. The molecule has 0 atom stereocenters. The number of amides is 1. The molecule has 1 aromatic carbocycles. The standard InChI is InChI=1S/C16H17Cl2N3O2/c1-19-7-6-15(22)20-12-3-5-16(23)21(10-12)9-11-2-4-13(17)14(18)8-11/h2-5,8,10,19H,6-7,9H2,1H3,(H,20,22). The number of benzene rings is 1. The lowest BCUT2D eigenvalue weighted by Gasteiger charge is -2.10. The summed E-state index contributed by atoms with van der Waals surface area (Å²) in [6.07, 6.45) is 1.98. The smallest absolute Gasteiger partial charge is 0.250 e. The molecule has 23 heavy (non-hydrogen) atoms. The maximum atomic E-state index is 12.0. The quantitative estimate of drug-likeness (QED) is 0.839. The highest BCUT2D eigenvalue weighted by Crippen LogP contribution is 2.22. The highest BCUT2D eigenvalue weighted by atomic mass is 35.5. The fourth-order valence-electron chi connectivity index (χ4n) is 2.03. The van der Waals surface area contributed by atoms with Gasteiger partial charge in [-0.25, -0.2) is 0 Å². The van der Waals surface area contributed by atoms with Crippen LogP contribution in [0.5, 0.6) is 0 Å². The normalized spacial score (nSPS) is 10.6. The Morgan fingerprint density at radius 1 is 1.17 bits per heavy atom. The van der Waals surface area contributed by atoms with Gasteiger partial charge >= 0.3 is 0 Å². The molecule has 0 radical (unpaired) electrons. The van der Waals surface area contributed by atoms with E-state index in [1.165, 1.54) is 10.6 Å². The van der Waals surface area contributed by atoms with Crippen LogP contribution < -0.4 is 16.2 Å². The van der Waals surface area contributed by atoms with Gasteiger partial charge in [0.1, 0.15) is 0 Å². The summed E-state index contributed by atoms with van der Waals surface area (Å²) in [7, 11) is 1.78. The van der Waals surface area contributed by atoms with Crippen LogP contribution in [0, 0.1) is 0 Å². The molecule has 0 unspecified atom stereocenters. The SMILES string of the molecule is CNCCC(=O)Nc1ccc(=O)n(Cc2ccc(Cl)c(Cl)c2)c1. The number of hydrogen-bond acceptors (Lipinski definition) is 3. The summed E-state index contributed by atoms with van der Waals surface area (Å²) in [6.45, 7) is 0.935. The lowest BCUT2D eigenvalue weighted by Crippen LogP contribution is -2.22. The van der Waals surface area contributed by atoms with Gasteiger partial charge < -0.3 is 15.2 Å². The van der Waals surface area contributed by atoms with Crippen molar-refractivity contribution in [3.63, 3.8) is 0 Å². The predicted octanol–water partition coefficient (Wildman–Crippen LogP) is 2.75. The van der Waals surface area contributed by atoms with Crippen molar-refractivity contribution in [2.75, 3.05) is 18.9 Å². The van der Waals surface area contributed by atoms with Gasteiger partial charge in [-0.3, -0.25) is 9.59 Å². The first-order valence-electron chi connectivity index (χ1n) is 7.08. The maximum Gasteiger partial charge on any atom is 0.250 e. The molecule has 2 aromatic rings. The third-order valence-electron chi connectivity index (χ3n) is 3.21. The predicted molar refractivity (Wildman–Crippen MR) is 93.4 cm³/mol. The molecule has 0 aliphatic rings. The van der Waals surface area contributed by atoms with Crippen molar-refractivity contribution in [3.05, 3.63) is 62.5 Å². The number of nitrogens with one attached hydrogen (secondary N) is 2. The highest BCUT2D eigenvalue weighted by molar-refractivity contribution is 6.42. The van der Waals surface area contributed by atoms with Crippen molar-refractivity contribution in [2.45, 2.75) is 13.0 Å². The number of halogens is 2. The number of aromatic nitrogens is 1. The third-order valence-corrected chi connectivity index (χ3v) is 3.95. The van der Waals surface area contributed by atoms with E-state index in [-0.39, 0.29) is 11.5 Å². The number of rotatable bonds is 6. The molecule has 0 saturated carbocycles. The molecule has 0 aliphatic carbocycles. The summed E-state index contributed by atoms with van der Waals surface area (Å²) < 4.78 is 1.51. The number of hydrogen-bond donors (Lipinski definition) is 2. The summed E-state index contributed by atoms with van der Waals surface area (Å²) in [4.78, 5) is 23.7. The Balaban J connectivity index is 2.15. The average molecular weight is 354 g/mol. The molecular formula is C16H17Cl2N3O2. The van der Waals surface area contributed by atoms with Crippen LogP contribution in [0.2, 0.25) is 10.0 Å². The van der Waals surface area contributed by atoms with E-state index in [1.54, 1.807) is 37.5 Å². The van der Waals surface area contributed by atoms with Crippen LogP contribution in [-0.2, 0) is 11.3 Å². The topological polar surface area (TPSA) is 63.1 Å². The Labute approximate surface area is 144 Å². The van der Waals surface area contributed by atoms with Gasteiger partial charge in [0.25, 0.3) is 5.56 Å². The van der Waals surface area contributed by atoms with Crippen molar-refractivity contribution in [1.82, 2.24) is 9.88 Å². The maximum absolute atomic E-state index is 12.0. The molecule has 1 heterocycles. The van der Waals surface area contributed by atoms with Crippen LogP contribution >= 0.6 is 23.2 Å². The molecule has 1 amide bonds. The second kappa shape index (κ2) is 8.15. The van der Waals surface area contributed by atoms with Crippen molar-refractivity contribution < 1.29 is 4.79 Å². The molecular weight excluding hydrogens is 337 g/mol. The Morgan fingerprint density at radius 3 is 2.65 bits per heavy atom. The van der Waals surface area contributed by atoms with Crippen LogP contribution in [-0.4, -0.2) is 24.1 Å². The Bertz CT molecular complexity index is 759. The van der Waals surface area contributed by atoms with Crippen molar-refractivity contribution in [1.29, 1.82) is 0 Å². The minimum Gasteiger partial charge on any atom is -0.325 e. The van der Waals surface area contributed by atoms with Gasteiger partial charge in [-0.1, -0.05) is 29.3 Å². The largest absolute Gasteiger partial charge is 0.325 e. The van der Waals surface area contributed by atoms with E-state index in [4.69, 9.17) is 23.2 Å².